The zero-order chi connectivity index (χ0) is 17.2. The van der Waals surface area contributed by atoms with E-state index in [4.69, 9.17) is 0 Å². The van der Waals surface area contributed by atoms with E-state index in [1.165, 1.54) is 0 Å². The molecule has 1 unspecified atom stereocenters. The molecule has 123 valence electrons. The molecule has 3 atom stereocenters. The maximum atomic E-state index is 14.6. The van der Waals surface area contributed by atoms with Gasteiger partial charge >= 0.3 is 0 Å². The summed E-state index contributed by atoms with van der Waals surface area (Å²) in [5.41, 5.74) is 2.06. The number of benzene rings is 2. The van der Waals surface area contributed by atoms with Gasteiger partial charge in [-0.15, -0.1) is 0 Å². The van der Waals surface area contributed by atoms with Crippen LogP contribution < -0.4 is 0 Å². The van der Waals surface area contributed by atoms with E-state index in [-0.39, 0.29) is 5.66 Å². The highest BCUT2D eigenvalue weighted by Crippen LogP contribution is 2.76. The first kappa shape index (κ1) is 17.4. The van der Waals surface area contributed by atoms with Gasteiger partial charge < -0.3 is 4.57 Å². The first-order chi connectivity index (χ1) is 11.6. The third-order valence-corrected chi connectivity index (χ3v) is 10.4. The molecule has 0 bridgehead atoms. The van der Waals surface area contributed by atoms with Crippen LogP contribution in [0.15, 0.2) is 72.8 Å². The molecule has 0 amide bonds. The Morgan fingerprint density at radius 1 is 1.00 bits per heavy atom. The lowest BCUT2D eigenvalue weighted by Gasteiger charge is -2.42. The first-order valence-electron chi connectivity index (χ1n) is 8.48. The van der Waals surface area contributed by atoms with E-state index in [1.807, 2.05) is 36.4 Å². The van der Waals surface area contributed by atoms with Crippen molar-refractivity contribution in [3.63, 3.8) is 0 Å². The molecule has 1 aliphatic heterocycles. The Morgan fingerprint density at radius 3 is 2.08 bits per heavy atom. The molecule has 0 N–H and O–H groups in total. The fourth-order valence-electron chi connectivity index (χ4n) is 3.65. The van der Waals surface area contributed by atoms with Gasteiger partial charge in [-0.1, -0.05) is 86.7 Å². The Morgan fingerprint density at radius 2 is 1.54 bits per heavy atom. The second kappa shape index (κ2) is 6.83. The SMILES string of the molecule is CCN(CC)[P@]1(=O)C(c2ccccc2)C=C[C@]1([Si])c1ccccc1. The highest BCUT2D eigenvalue weighted by molar-refractivity contribution is 7.65. The monoisotopic (exact) mass is 352 g/mol. The van der Waals surface area contributed by atoms with Crippen LogP contribution in [0.25, 0.3) is 0 Å². The molecule has 1 aliphatic rings. The minimum absolute atomic E-state index is 0.101. The second-order valence-electron chi connectivity index (χ2n) is 6.11. The number of rotatable bonds is 5. The van der Waals surface area contributed by atoms with Crippen molar-refractivity contribution in [2.45, 2.75) is 24.3 Å². The van der Waals surface area contributed by atoms with Crippen molar-refractivity contribution in [2.75, 3.05) is 13.1 Å². The normalized spacial score (nSPS) is 29.2. The van der Waals surface area contributed by atoms with Gasteiger partial charge in [-0.05, 0) is 11.1 Å². The van der Waals surface area contributed by atoms with Gasteiger partial charge in [-0.2, -0.15) is 0 Å². The minimum Gasteiger partial charge on any atom is -0.305 e. The van der Waals surface area contributed by atoms with Crippen LogP contribution >= 0.6 is 7.29 Å². The van der Waals surface area contributed by atoms with Gasteiger partial charge in [0.25, 0.3) is 0 Å². The van der Waals surface area contributed by atoms with Gasteiger partial charge in [0, 0.05) is 13.1 Å². The predicted molar refractivity (Wildman–Crippen MR) is 103 cm³/mol. The van der Waals surface area contributed by atoms with Crippen LogP contribution in [0.3, 0.4) is 0 Å². The molecular weight excluding hydrogens is 329 g/mol. The van der Waals surface area contributed by atoms with Crippen LogP contribution in [0, 0.1) is 0 Å². The van der Waals surface area contributed by atoms with Crippen molar-refractivity contribution in [1.29, 1.82) is 0 Å². The molecule has 2 aromatic rings. The Bertz CT molecular complexity index is 758. The highest BCUT2D eigenvalue weighted by Gasteiger charge is 2.55. The molecule has 3 rings (SSSR count). The lowest BCUT2D eigenvalue weighted by molar-refractivity contribution is 0.431. The number of nitrogens with zero attached hydrogens (tertiary/aromatic N) is 1. The summed E-state index contributed by atoms with van der Waals surface area (Å²) in [6.45, 7) is 5.69. The van der Waals surface area contributed by atoms with E-state index in [1.54, 1.807) is 0 Å². The van der Waals surface area contributed by atoms with Crippen molar-refractivity contribution >= 4 is 17.5 Å². The van der Waals surface area contributed by atoms with E-state index in [2.05, 4.69) is 65.2 Å². The largest absolute Gasteiger partial charge is 0.305 e. The molecule has 2 nitrogen and oxygen atoms in total. The predicted octanol–water partition coefficient (Wildman–Crippen LogP) is 4.94. The van der Waals surface area contributed by atoms with Crippen molar-refractivity contribution in [1.82, 2.24) is 4.67 Å². The molecule has 24 heavy (non-hydrogen) atoms. The van der Waals surface area contributed by atoms with Gasteiger partial charge in [-0.3, -0.25) is 4.67 Å². The minimum atomic E-state index is -2.82. The summed E-state index contributed by atoms with van der Waals surface area (Å²) in [5.74, 6) is 0. The van der Waals surface area contributed by atoms with E-state index in [9.17, 15) is 4.57 Å². The van der Waals surface area contributed by atoms with Crippen LogP contribution in [-0.2, 0) is 9.34 Å². The molecule has 1 heterocycles. The summed E-state index contributed by atoms with van der Waals surface area (Å²) in [6, 6.07) is 20.3. The Balaban J connectivity index is 2.18. The molecular formula is C20H23NOPSi. The third kappa shape index (κ3) is 2.56. The van der Waals surface area contributed by atoms with Gasteiger partial charge in [0.05, 0.1) is 20.7 Å². The molecule has 0 saturated carbocycles. The molecule has 4 heteroatoms. The van der Waals surface area contributed by atoms with Gasteiger partial charge in [0.2, 0.25) is 0 Å². The maximum Gasteiger partial charge on any atom is 0.171 e. The van der Waals surface area contributed by atoms with Crippen molar-refractivity contribution in [3.8, 4) is 0 Å². The maximum absolute atomic E-state index is 14.6. The van der Waals surface area contributed by atoms with E-state index >= 15 is 0 Å². The fourth-order valence-corrected chi connectivity index (χ4v) is 8.55. The highest BCUT2D eigenvalue weighted by atomic mass is 31.2. The molecule has 0 fully saturated rings. The molecule has 0 saturated heterocycles. The Hall–Kier alpha value is -1.41. The van der Waals surface area contributed by atoms with Gasteiger partial charge in [0.1, 0.15) is 0 Å². The molecule has 0 aromatic heterocycles. The lowest BCUT2D eigenvalue weighted by Crippen LogP contribution is -2.33. The molecule has 0 spiro atoms. The third-order valence-electron chi connectivity index (χ3n) is 4.91. The molecule has 0 aliphatic carbocycles. The summed E-state index contributed by atoms with van der Waals surface area (Å²) in [4.78, 5) is 0. The quantitative estimate of drug-likeness (QED) is 0.432. The average Bonchev–Trinajstić information content (AvgIpc) is 2.91. The summed E-state index contributed by atoms with van der Waals surface area (Å²) >= 11 is 0. The zero-order valence-corrected chi connectivity index (χ0v) is 16.1. The fraction of sp³-hybridized carbons (Fsp3) is 0.300. The number of hydrogen-bond acceptors (Lipinski definition) is 1. The van der Waals surface area contributed by atoms with Crippen LogP contribution in [-0.4, -0.2) is 28.0 Å². The smallest absolute Gasteiger partial charge is 0.171 e. The second-order valence-corrected chi connectivity index (χ2v) is 10.4. The van der Waals surface area contributed by atoms with Crippen LogP contribution in [0.1, 0.15) is 30.6 Å². The zero-order valence-electron chi connectivity index (χ0n) is 14.2. The van der Waals surface area contributed by atoms with Crippen molar-refractivity contribution in [3.05, 3.63) is 83.9 Å². The van der Waals surface area contributed by atoms with Crippen molar-refractivity contribution in [2.24, 2.45) is 0 Å². The van der Waals surface area contributed by atoms with Crippen LogP contribution in [0.5, 0.6) is 0 Å². The molecule has 2 aromatic carbocycles. The van der Waals surface area contributed by atoms with Gasteiger partial charge in [-0.25, -0.2) is 0 Å². The standard InChI is InChI=1S/C20H23NOPSi/c1-3-21(4-2)23(22)19(17-11-7-5-8-12-17)15-16-20(23,24)18-13-9-6-10-14-18/h5-16,19H,3-4H2,1-2H3/t19?,20-,23-/m0/s1. The molecule has 3 radical (unpaired) electrons. The van der Waals surface area contributed by atoms with Crippen LogP contribution in [0.4, 0.5) is 0 Å². The summed E-state index contributed by atoms with van der Waals surface area (Å²) in [5, 5.41) is 0. The van der Waals surface area contributed by atoms with E-state index in [0.29, 0.717) is 0 Å². The summed E-state index contributed by atoms with van der Waals surface area (Å²) in [6.07, 6.45) is 4.21. The van der Waals surface area contributed by atoms with E-state index < -0.39 is 12.1 Å². The number of hydrogen-bond donors (Lipinski definition) is 0. The van der Waals surface area contributed by atoms with Crippen molar-refractivity contribution < 1.29 is 4.57 Å². The Labute approximate surface area is 148 Å². The summed E-state index contributed by atoms with van der Waals surface area (Å²) < 4.78 is 16.1. The van der Waals surface area contributed by atoms with Crippen LogP contribution in [0.2, 0.25) is 0 Å². The summed E-state index contributed by atoms with van der Waals surface area (Å²) in [7, 11) is 1.15. The Kier molecular flexibility index (Phi) is 4.96. The first-order valence-corrected chi connectivity index (χ1v) is 10.7. The van der Waals surface area contributed by atoms with Gasteiger partial charge in [0.15, 0.2) is 7.29 Å². The lowest BCUT2D eigenvalue weighted by atomic mass is 10.1. The van der Waals surface area contributed by atoms with E-state index in [0.717, 1.165) is 24.2 Å². The topological polar surface area (TPSA) is 20.3 Å². The average molecular weight is 352 g/mol. The number of allylic oxidation sites excluding steroid dienone is 2.